The van der Waals surface area contributed by atoms with Gasteiger partial charge in [-0.1, -0.05) is 25.1 Å². The van der Waals surface area contributed by atoms with Gasteiger partial charge in [0.25, 0.3) is 5.56 Å². The summed E-state index contributed by atoms with van der Waals surface area (Å²) in [7, 11) is 0. The Morgan fingerprint density at radius 3 is 2.65 bits per heavy atom. The van der Waals surface area contributed by atoms with E-state index in [9.17, 15) is 4.79 Å². The molecule has 0 aliphatic rings. The van der Waals surface area contributed by atoms with Crippen LogP contribution in [0.3, 0.4) is 0 Å². The summed E-state index contributed by atoms with van der Waals surface area (Å²) in [4.78, 5) is 17.8. The topological polar surface area (TPSA) is 57.9 Å². The van der Waals surface area contributed by atoms with Gasteiger partial charge in [-0.25, -0.2) is 0 Å². The third-order valence-electron chi connectivity index (χ3n) is 3.12. The first-order valence-corrected chi connectivity index (χ1v) is 7.11. The van der Waals surface area contributed by atoms with Crippen LogP contribution in [-0.2, 0) is 12.8 Å². The molecule has 0 atom stereocenters. The number of hydrogen-bond donors (Lipinski definition) is 2. The van der Waals surface area contributed by atoms with Crippen LogP contribution in [0, 0.1) is 4.77 Å². The molecule has 0 fully saturated rings. The van der Waals surface area contributed by atoms with Gasteiger partial charge in [-0.3, -0.25) is 9.78 Å². The Bertz CT molecular complexity index is 704. The maximum absolute atomic E-state index is 12.1. The summed E-state index contributed by atoms with van der Waals surface area (Å²) in [5.74, 6) is 0.818. The predicted molar refractivity (Wildman–Crippen MR) is 82.0 cm³/mol. The van der Waals surface area contributed by atoms with E-state index >= 15 is 0 Å². The lowest BCUT2D eigenvalue weighted by atomic mass is 10.0. The Hall–Kier alpha value is -1.88. The molecule has 0 unspecified atom stereocenters. The van der Waals surface area contributed by atoms with E-state index in [0.717, 1.165) is 23.4 Å². The van der Waals surface area contributed by atoms with Crippen molar-refractivity contribution in [2.24, 2.45) is 0 Å². The molecule has 0 bridgehead atoms. The van der Waals surface area contributed by atoms with Crippen LogP contribution in [0.5, 0.6) is 5.75 Å². The average Bonchev–Trinajstić information content (AvgIpc) is 2.43. The third-order valence-corrected chi connectivity index (χ3v) is 3.33. The van der Waals surface area contributed by atoms with Crippen molar-refractivity contribution in [1.29, 1.82) is 0 Å². The maximum atomic E-state index is 12.1. The van der Waals surface area contributed by atoms with Crippen LogP contribution < -0.4 is 10.3 Å². The van der Waals surface area contributed by atoms with Crippen LogP contribution >= 0.6 is 12.2 Å². The quantitative estimate of drug-likeness (QED) is 0.832. The van der Waals surface area contributed by atoms with Crippen molar-refractivity contribution in [3.05, 3.63) is 56.2 Å². The predicted octanol–water partition coefficient (Wildman–Crippen LogP) is 2.98. The second kappa shape index (κ2) is 6.52. The van der Waals surface area contributed by atoms with Crippen molar-refractivity contribution in [2.75, 3.05) is 6.61 Å². The minimum Gasteiger partial charge on any atom is -0.494 e. The smallest absolute Gasteiger partial charge is 0.255 e. The van der Waals surface area contributed by atoms with E-state index in [0.29, 0.717) is 23.4 Å². The first-order valence-electron chi connectivity index (χ1n) is 6.70. The van der Waals surface area contributed by atoms with E-state index in [1.54, 1.807) is 0 Å². The molecule has 2 N–H and O–H groups in total. The fraction of sp³-hybridized carbons (Fsp3) is 0.333. The third kappa shape index (κ3) is 3.17. The lowest BCUT2D eigenvalue weighted by molar-refractivity contribution is 0.337. The number of hydrogen-bond acceptors (Lipinski definition) is 3. The zero-order chi connectivity index (χ0) is 14.5. The summed E-state index contributed by atoms with van der Waals surface area (Å²) in [5.41, 5.74) is 2.47. The van der Waals surface area contributed by atoms with Crippen LogP contribution in [-0.4, -0.2) is 16.6 Å². The van der Waals surface area contributed by atoms with Crippen molar-refractivity contribution in [3.8, 4) is 5.75 Å². The molecule has 20 heavy (non-hydrogen) atoms. The van der Waals surface area contributed by atoms with Gasteiger partial charge in [-0.05, 0) is 37.2 Å². The molecule has 0 spiro atoms. The summed E-state index contributed by atoms with van der Waals surface area (Å²) in [6, 6.07) is 7.77. The standard InChI is InChI=1S/C15H18N2O2S/c1-3-12-11(14(18)17-15(20)16-12)9-10-7-5-6-8-13(10)19-4-2/h5-8H,3-4,9H2,1-2H3,(H2,16,17,18,20). The fourth-order valence-electron chi connectivity index (χ4n) is 2.18. The summed E-state index contributed by atoms with van der Waals surface area (Å²) in [6.45, 7) is 4.55. The molecule has 0 saturated carbocycles. The molecule has 2 rings (SSSR count). The summed E-state index contributed by atoms with van der Waals surface area (Å²) >= 11 is 5.01. The highest BCUT2D eigenvalue weighted by molar-refractivity contribution is 7.71. The largest absolute Gasteiger partial charge is 0.494 e. The molecule has 0 saturated heterocycles. The van der Waals surface area contributed by atoms with E-state index in [4.69, 9.17) is 17.0 Å². The second-order valence-corrected chi connectivity index (χ2v) is 4.84. The average molecular weight is 290 g/mol. The van der Waals surface area contributed by atoms with Gasteiger partial charge in [0, 0.05) is 17.7 Å². The van der Waals surface area contributed by atoms with Gasteiger partial charge in [0.15, 0.2) is 4.77 Å². The number of benzene rings is 1. The SMILES string of the molecule is CCOc1ccccc1Cc1c(CC)[nH]c(=S)[nH]c1=O. The van der Waals surface area contributed by atoms with Crippen molar-refractivity contribution < 1.29 is 4.74 Å². The lowest BCUT2D eigenvalue weighted by Gasteiger charge is -2.11. The van der Waals surface area contributed by atoms with Gasteiger partial charge >= 0.3 is 0 Å². The van der Waals surface area contributed by atoms with E-state index in [1.807, 2.05) is 38.1 Å². The van der Waals surface area contributed by atoms with Gasteiger partial charge < -0.3 is 9.72 Å². The molecule has 4 nitrogen and oxygen atoms in total. The van der Waals surface area contributed by atoms with E-state index in [-0.39, 0.29) is 5.56 Å². The lowest BCUT2D eigenvalue weighted by Crippen LogP contribution is -2.18. The van der Waals surface area contributed by atoms with Crippen LogP contribution in [0.4, 0.5) is 0 Å². The number of nitrogens with one attached hydrogen (secondary N) is 2. The molecule has 0 aliphatic heterocycles. The van der Waals surface area contributed by atoms with Crippen LogP contribution in [0.25, 0.3) is 0 Å². The molecule has 1 aromatic carbocycles. The van der Waals surface area contributed by atoms with Crippen molar-refractivity contribution in [2.45, 2.75) is 26.7 Å². The first kappa shape index (κ1) is 14.5. The van der Waals surface area contributed by atoms with E-state index in [1.165, 1.54) is 0 Å². The molecular weight excluding hydrogens is 272 g/mol. The van der Waals surface area contributed by atoms with E-state index < -0.39 is 0 Å². The Balaban J connectivity index is 2.45. The summed E-state index contributed by atoms with van der Waals surface area (Å²) in [5, 5.41) is 0. The molecule has 5 heteroatoms. The number of para-hydroxylation sites is 1. The molecule has 0 amide bonds. The van der Waals surface area contributed by atoms with Crippen molar-refractivity contribution in [3.63, 3.8) is 0 Å². The molecule has 106 valence electrons. The highest BCUT2D eigenvalue weighted by Gasteiger charge is 2.11. The van der Waals surface area contributed by atoms with Crippen molar-refractivity contribution >= 4 is 12.2 Å². The minimum atomic E-state index is -0.128. The number of aromatic nitrogens is 2. The molecule has 0 radical (unpaired) electrons. The number of aromatic amines is 2. The molecule has 0 aliphatic carbocycles. The molecule has 1 aromatic heterocycles. The Kier molecular flexibility index (Phi) is 4.74. The zero-order valence-electron chi connectivity index (χ0n) is 11.7. The number of ether oxygens (including phenoxy) is 1. The minimum absolute atomic E-state index is 0.128. The van der Waals surface area contributed by atoms with Gasteiger partial charge in [-0.2, -0.15) is 0 Å². The summed E-state index contributed by atoms with van der Waals surface area (Å²) < 4.78 is 5.97. The van der Waals surface area contributed by atoms with Gasteiger partial charge in [-0.15, -0.1) is 0 Å². The second-order valence-electron chi connectivity index (χ2n) is 4.44. The van der Waals surface area contributed by atoms with E-state index in [2.05, 4.69) is 9.97 Å². The van der Waals surface area contributed by atoms with Gasteiger partial charge in [0.1, 0.15) is 5.75 Å². The number of rotatable bonds is 5. The normalized spacial score (nSPS) is 10.5. The Morgan fingerprint density at radius 1 is 1.20 bits per heavy atom. The maximum Gasteiger partial charge on any atom is 0.255 e. The molecule has 2 aromatic rings. The Labute approximate surface area is 122 Å². The Morgan fingerprint density at radius 2 is 1.95 bits per heavy atom. The van der Waals surface area contributed by atoms with Crippen LogP contribution in [0.1, 0.15) is 30.7 Å². The number of H-pyrrole nitrogens is 2. The van der Waals surface area contributed by atoms with Crippen LogP contribution in [0.15, 0.2) is 29.1 Å². The van der Waals surface area contributed by atoms with Gasteiger partial charge in [0.2, 0.25) is 0 Å². The fourth-order valence-corrected chi connectivity index (χ4v) is 2.40. The highest BCUT2D eigenvalue weighted by Crippen LogP contribution is 2.21. The molecular formula is C15H18N2O2S. The first-order chi connectivity index (χ1) is 9.65. The zero-order valence-corrected chi connectivity index (χ0v) is 12.5. The van der Waals surface area contributed by atoms with Gasteiger partial charge in [0.05, 0.1) is 6.61 Å². The molecule has 1 heterocycles. The summed E-state index contributed by atoms with van der Waals surface area (Å²) in [6.07, 6.45) is 1.26. The van der Waals surface area contributed by atoms with Crippen molar-refractivity contribution in [1.82, 2.24) is 9.97 Å². The van der Waals surface area contributed by atoms with Crippen LogP contribution in [0.2, 0.25) is 0 Å². The number of aryl methyl sites for hydroxylation is 1. The monoisotopic (exact) mass is 290 g/mol. The highest BCUT2D eigenvalue weighted by atomic mass is 32.1.